The van der Waals surface area contributed by atoms with Gasteiger partial charge in [0.15, 0.2) is 5.69 Å². The van der Waals surface area contributed by atoms with Crippen molar-refractivity contribution >= 4 is 11.9 Å². The molecular weight excluding hydrogens is 294 g/mol. The Labute approximate surface area is 133 Å². The minimum atomic E-state index is -0.382. The number of hydrogen-bond acceptors (Lipinski definition) is 5. The molecule has 0 atom stereocenters. The summed E-state index contributed by atoms with van der Waals surface area (Å²) in [6.45, 7) is 1.80. The SMILES string of the molecule is COc1cc(C)nc(NC(=O)c2ccn(-c3ccccc3)n2)n1. The van der Waals surface area contributed by atoms with Gasteiger partial charge in [-0.3, -0.25) is 10.1 Å². The number of nitrogens with one attached hydrogen (secondary N) is 1. The summed E-state index contributed by atoms with van der Waals surface area (Å²) in [5, 5.41) is 6.88. The molecule has 7 nitrogen and oxygen atoms in total. The molecule has 116 valence electrons. The topological polar surface area (TPSA) is 81.9 Å². The van der Waals surface area contributed by atoms with Crippen molar-refractivity contribution in [2.45, 2.75) is 6.92 Å². The molecule has 0 saturated carbocycles. The van der Waals surface area contributed by atoms with Gasteiger partial charge >= 0.3 is 0 Å². The lowest BCUT2D eigenvalue weighted by molar-refractivity contribution is 0.102. The largest absolute Gasteiger partial charge is 0.481 e. The predicted octanol–water partition coefficient (Wildman–Crippen LogP) is 2.23. The van der Waals surface area contributed by atoms with Gasteiger partial charge in [0.25, 0.3) is 5.91 Å². The highest BCUT2D eigenvalue weighted by atomic mass is 16.5. The Bertz CT molecular complexity index is 829. The highest BCUT2D eigenvalue weighted by Crippen LogP contribution is 2.12. The van der Waals surface area contributed by atoms with E-state index in [0.717, 1.165) is 5.69 Å². The van der Waals surface area contributed by atoms with E-state index in [9.17, 15) is 4.79 Å². The number of carbonyl (C=O) groups is 1. The normalized spacial score (nSPS) is 10.3. The van der Waals surface area contributed by atoms with Crippen molar-refractivity contribution in [3.8, 4) is 11.6 Å². The first-order valence-electron chi connectivity index (χ1n) is 6.98. The van der Waals surface area contributed by atoms with Crippen LogP contribution in [-0.2, 0) is 0 Å². The molecule has 0 saturated heterocycles. The van der Waals surface area contributed by atoms with Crippen LogP contribution >= 0.6 is 0 Å². The molecule has 0 spiro atoms. The number of aryl methyl sites for hydroxylation is 1. The van der Waals surface area contributed by atoms with E-state index in [1.165, 1.54) is 7.11 Å². The molecule has 7 heteroatoms. The molecule has 2 aromatic heterocycles. The summed E-state index contributed by atoms with van der Waals surface area (Å²) in [5.41, 5.74) is 1.85. The summed E-state index contributed by atoms with van der Waals surface area (Å²) in [6.07, 6.45) is 1.72. The van der Waals surface area contributed by atoms with Gasteiger partial charge in [-0.1, -0.05) is 18.2 Å². The first-order valence-corrected chi connectivity index (χ1v) is 6.98. The summed E-state index contributed by atoms with van der Waals surface area (Å²) in [4.78, 5) is 20.5. The van der Waals surface area contributed by atoms with Crippen molar-refractivity contribution < 1.29 is 9.53 Å². The van der Waals surface area contributed by atoms with E-state index in [-0.39, 0.29) is 17.5 Å². The lowest BCUT2D eigenvalue weighted by atomic mass is 10.3. The van der Waals surface area contributed by atoms with Crippen molar-refractivity contribution in [3.63, 3.8) is 0 Å². The van der Waals surface area contributed by atoms with E-state index < -0.39 is 0 Å². The Balaban J connectivity index is 1.79. The predicted molar refractivity (Wildman–Crippen MR) is 84.8 cm³/mol. The molecule has 1 N–H and O–H groups in total. The smallest absolute Gasteiger partial charge is 0.278 e. The van der Waals surface area contributed by atoms with Gasteiger partial charge in [-0.15, -0.1) is 0 Å². The summed E-state index contributed by atoms with van der Waals surface area (Å²) < 4.78 is 6.69. The molecule has 23 heavy (non-hydrogen) atoms. The fourth-order valence-corrected chi connectivity index (χ4v) is 2.04. The highest BCUT2D eigenvalue weighted by molar-refractivity contribution is 6.01. The molecule has 0 radical (unpaired) electrons. The Kier molecular flexibility index (Phi) is 4.01. The van der Waals surface area contributed by atoms with Gasteiger partial charge in [-0.25, -0.2) is 9.67 Å². The molecular formula is C16H15N5O2. The van der Waals surface area contributed by atoms with Crippen LogP contribution in [0, 0.1) is 6.92 Å². The van der Waals surface area contributed by atoms with Crippen LogP contribution in [-0.4, -0.2) is 32.8 Å². The number of methoxy groups -OCH3 is 1. The number of nitrogens with zero attached hydrogens (tertiary/aromatic N) is 4. The van der Waals surface area contributed by atoms with Gasteiger partial charge in [0.05, 0.1) is 12.8 Å². The quantitative estimate of drug-likeness (QED) is 0.799. The summed E-state index contributed by atoms with van der Waals surface area (Å²) in [6, 6.07) is 12.9. The van der Waals surface area contributed by atoms with Crippen LogP contribution in [0.15, 0.2) is 48.7 Å². The number of aromatic nitrogens is 4. The third-order valence-electron chi connectivity index (χ3n) is 3.11. The maximum absolute atomic E-state index is 12.3. The Morgan fingerprint density at radius 2 is 1.96 bits per heavy atom. The number of rotatable bonds is 4. The lowest BCUT2D eigenvalue weighted by Crippen LogP contribution is -2.15. The van der Waals surface area contributed by atoms with E-state index in [1.54, 1.807) is 29.9 Å². The van der Waals surface area contributed by atoms with Crippen LogP contribution in [0.4, 0.5) is 5.95 Å². The number of para-hydroxylation sites is 1. The van der Waals surface area contributed by atoms with Crippen molar-refractivity contribution in [3.05, 3.63) is 60.0 Å². The van der Waals surface area contributed by atoms with Gasteiger partial charge in [0, 0.05) is 18.0 Å². The number of benzene rings is 1. The van der Waals surface area contributed by atoms with Crippen LogP contribution < -0.4 is 10.1 Å². The maximum atomic E-state index is 12.3. The summed E-state index contributed by atoms with van der Waals surface area (Å²) in [5.74, 6) is 0.191. The highest BCUT2D eigenvalue weighted by Gasteiger charge is 2.13. The van der Waals surface area contributed by atoms with E-state index in [1.807, 2.05) is 30.3 Å². The molecule has 3 rings (SSSR count). The van der Waals surface area contributed by atoms with Gasteiger partial charge in [-0.2, -0.15) is 10.1 Å². The first-order chi connectivity index (χ1) is 11.2. The van der Waals surface area contributed by atoms with Crippen molar-refractivity contribution in [2.24, 2.45) is 0 Å². The number of ether oxygens (including phenoxy) is 1. The molecule has 0 fully saturated rings. The number of anilines is 1. The number of carbonyl (C=O) groups excluding carboxylic acids is 1. The minimum Gasteiger partial charge on any atom is -0.481 e. The molecule has 0 aliphatic heterocycles. The van der Waals surface area contributed by atoms with E-state index in [0.29, 0.717) is 11.6 Å². The first kappa shape index (κ1) is 14.7. The zero-order chi connectivity index (χ0) is 16.2. The van der Waals surface area contributed by atoms with Gasteiger partial charge in [-0.05, 0) is 25.1 Å². The zero-order valence-corrected chi connectivity index (χ0v) is 12.7. The number of hydrogen-bond donors (Lipinski definition) is 1. The Morgan fingerprint density at radius 3 is 2.70 bits per heavy atom. The summed E-state index contributed by atoms with van der Waals surface area (Å²) in [7, 11) is 1.51. The zero-order valence-electron chi connectivity index (χ0n) is 12.7. The standard InChI is InChI=1S/C16H15N5O2/c1-11-10-14(23-2)18-16(17-11)19-15(22)13-8-9-21(20-13)12-6-4-3-5-7-12/h3-10H,1-2H3,(H,17,18,19,22). The molecule has 3 aromatic rings. The summed E-state index contributed by atoms with van der Waals surface area (Å²) >= 11 is 0. The average Bonchev–Trinajstić information content (AvgIpc) is 3.05. The monoisotopic (exact) mass is 309 g/mol. The maximum Gasteiger partial charge on any atom is 0.278 e. The molecule has 1 aromatic carbocycles. The molecule has 0 unspecified atom stereocenters. The minimum absolute atomic E-state index is 0.182. The Hall–Kier alpha value is -3.22. The van der Waals surface area contributed by atoms with Crippen molar-refractivity contribution in [2.75, 3.05) is 12.4 Å². The molecule has 2 heterocycles. The van der Waals surface area contributed by atoms with Crippen LogP contribution in [0.3, 0.4) is 0 Å². The molecule has 0 aliphatic carbocycles. The number of amides is 1. The third-order valence-corrected chi connectivity index (χ3v) is 3.11. The average molecular weight is 309 g/mol. The van der Waals surface area contributed by atoms with Gasteiger partial charge in [0.2, 0.25) is 11.8 Å². The van der Waals surface area contributed by atoms with E-state index in [4.69, 9.17) is 4.74 Å². The van der Waals surface area contributed by atoms with Crippen LogP contribution in [0.1, 0.15) is 16.2 Å². The molecule has 1 amide bonds. The fourth-order valence-electron chi connectivity index (χ4n) is 2.04. The second kappa shape index (κ2) is 6.27. The second-order valence-electron chi connectivity index (χ2n) is 4.81. The van der Waals surface area contributed by atoms with E-state index >= 15 is 0 Å². The van der Waals surface area contributed by atoms with Crippen LogP contribution in [0.25, 0.3) is 5.69 Å². The van der Waals surface area contributed by atoms with Crippen molar-refractivity contribution in [1.29, 1.82) is 0 Å². The van der Waals surface area contributed by atoms with E-state index in [2.05, 4.69) is 20.4 Å². The van der Waals surface area contributed by atoms with Crippen LogP contribution in [0.5, 0.6) is 5.88 Å². The van der Waals surface area contributed by atoms with Crippen LogP contribution in [0.2, 0.25) is 0 Å². The Morgan fingerprint density at radius 1 is 1.17 bits per heavy atom. The van der Waals surface area contributed by atoms with Gasteiger partial charge in [0.1, 0.15) is 0 Å². The van der Waals surface area contributed by atoms with Crippen molar-refractivity contribution in [1.82, 2.24) is 19.7 Å². The third kappa shape index (κ3) is 3.34. The fraction of sp³-hybridized carbons (Fsp3) is 0.125. The molecule has 0 aliphatic rings. The van der Waals surface area contributed by atoms with Gasteiger partial charge < -0.3 is 4.74 Å². The lowest BCUT2D eigenvalue weighted by Gasteiger charge is -2.05. The second-order valence-corrected chi connectivity index (χ2v) is 4.81. The molecule has 0 bridgehead atoms.